The molecule has 2 amide bonds. The summed E-state index contributed by atoms with van der Waals surface area (Å²) in [7, 11) is 1.53. The summed E-state index contributed by atoms with van der Waals surface area (Å²) in [6, 6.07) is 10.8. The Morgan fingerprint density at radius 1 is 1.27 bits per heavy atom. The molecule has 186 valence electrons. The van der Waals surface area contributed by atoms with Crippen molar-refractivity contribution < 1.29 is 4.79 Å². The van der Waals surface area contributed by atoms with Gasteiger partial charge in [0.05, 0.1) is 30.2 Å². The average Bonchev–Trinajstić information content (AvgIpc) is 3.47. The lowest BCUT2D eigenvalue weighted by Crippen LogP contribution is -2.32. The Hall–Kier alpha value is -4.69. The first kappa shape index (κ1) is 24.0. The lowest BCUT2D eigenvalue weighted by Gasteiger charge is -2.10. The molecule has 0 saturated carbocycles. The first-order valence-corrected chi connectivity index (χ1v) is 11.9. The van der Waals surface area contributed by atoms with Crippen LogP contribution in [0.5, 0.6) is 0 Å². The number of amides is 2. The van der Waals surface area contributed by atoms with Crippen molar-refractivity contribution in [3.63, 3.8) is 0 Å². The van der Waals surface area contributed by atoms with Crippen LogP contribution in [0.25, 0.3) is 33.3 Å². The highest BCUT2D eigenvalue weighted by molar-refractivity contribution is 6.31. The predicted octanol–water partition coefficient (Wildman–Crippen LogP) is 3.58. The largest absolute Gasteiger partial charge is 0.360 e. The van der Waals surface area contributed by atoms with Gasteiger partial charge in [0, 0.05) is 36.4 Å². The number of benzene rings is 1. The van der Waals surface area contributed by atoms with Gasteiger partial charge in [-0.15, -0.1) is 0 Å². The third kappa shape index (κ3) is 4.50. The maximum Gasteiger partial charge on any atom is 0.321 e. The first-order chi connectivity index (χ1) is 17.9. The molecule has 0 aliphatic carbocycles. The summed E-state index contributed by atoms with van der Waals surface area (Å²) in [5.41, 5.74) is 3.38. The molecule has 4 heterocycles. The van der Waals surface area contributed by atoms with E-state index < -0.39 is 6.03 Å². The van der Waals surface area contributed by atoms with Gasteiger partial charge in [-0.05, 0) is 48.4 Å². The van der Waals surface area contributed by atoms with Gasteiger partial charge in [-0.25, -0.2) is 4.79 Å². The summed E-state index contributed by atoms with van der Waals surface area (Å²) in [6.45, 7) is 2.50. The molecule has 37 heavy (non-hydrogen) atoms. The molecule has 3 N–H and O–H groups in total. The summed E-state index contributed by atoms with van der Waals surface area (Å²) < 4.78 is 2.96. The molecule has 11 nitrogen and oxygen atoms in total. The number of aromatic nitrogens is 6. The quantitative estimate of drug-likeness (QED) is 0.315. The summed E-state index contributed by atoms with van der Waals surface area (Å²) in [4.78, 5) is 37.7. The summed E-state index contributed by atoms with van der Waals surface area (Å²) in [5, 5.41) is 20.7. The average molecular weight is 516 g/mol. The number of nitriles is 1. The SMILES string of the molecule is CCNC(=O)Nc1nc2nn(Cc3ccnc4ccc(Cl)cc34)c(-c3cc(CC#N)c[nH]3)c2c(=O)n1C. The van der Waals surface area contributed by atoms with Gasteiger partial charge in [0.15, 0.2) is 5.65 Å². The lowest BCUT2D eigenvalue weighted by molar-refractivity contribution is 0.252. The molecule has 0 fully saturated rings. The molecule has 0 aliphatic rings. The van der Waals surface area contributed by atoms with Gasteiger partial charge in [-0.1, -0.05) is 11.6 Å². The zero-order valence-electron chi connectivity index (χ0n) is 20.0. The van der Waals surface area contributed by atoms with Crippen LogP contribution >= 0.6 is 11.6 Å². The van der Waals surface area contributed by atoms with E-state index in [4.69, 9.17) is 16.9 Å². The Balaban J connectivity index is 1.72. The normalized spacial score (nSPS) is 11.1. The lowest BCUT2D eigenvalue weighted by atomic mass is 10.1. The molecule has 1 aromatic carbocycles. The number of rotatable bonds is 6. The fraction of sp³-hybridized carbons (Fsp3) is 0.200. The van der Waals surface area contributed by atoms with Crippen LogP contribution < -0.4 is 16.2 Å². The third-order valence-corrected chi connectivity index (χ3v) is 6.17. The first-order valence-electron chi connectivity index (χ1n) is 11.5. The highest BCUT2D eigenvalue weighted by Gasteiger charge is 2.23. The second kappa shape index (κ2) is 9.75. The highest BCUT2D eigenvalue weighted by Crippen LogP contribution is 2.29. The molecule has 0 bridgehead atoms. The molecular weight excluding hydrogens is 494 g/mol. The molecular formula is C25H22ClN9O2. The topological polar surface area (TPSA) is 146 Å². The minimum absolute atomic E-state index is 0.0671. The van der Waals surface area contributed by atoms with Gasteiger partial charge in [0.25, 0.3) is 5.56 Å². The van der Waals surface area contributed by atoms with E-state index >= 15 is 0 Å². The van der Waals surface area contributed by atoms with Crippen molar-refractivity contribution in [3.8, 4) is 17.5 Å². The van der Waals surface area contributed by atoms with Crippen molar-refractivity contribution in [2.75, 3.05) is 11.9 Å². The molecule has 4 aromatic heterocycles. The number of carbonyl (C=O) groups excluding carboxylic acids is 1. The van der Waals surface area contributed by atoms with E-state index in [0.29, 0.717) is 29.5 Å². The van der Waals surface area contributed by atoms with Crippen LogP contribution in [0, 0.1) is 11.3 Å². The maximum atomic E-state index is 13.5. The fourth-order valence-electron chi connectivity index (χ4n) is 4.21. The van der Waals surface area contributed by atoms with Crippen molar-refractivity contribution in [1.29, 1.82) is 5.26 Å². The molecule has 0 spiro atoms. The van der Waals surface area contributed by atoms with Crippen molar-refractivity contribution in [3.05, 3.63) is 69.2 Å². The number of H-pyrrole nitrogens is 1. The second-order valence-corrected chi connectivity index (χ2v) is 8.81. The molecule has 0 saturated heterocycles. The van der Waals surface area contributed by atoms with E-state index in [1.807, 2.05) is 24.3 Å². The van der Waals surface area contributed by atoms with Gasteiger partial charge in [-0.3, -0.25) is 24.3 Å². The smallest absolute Gasteiger partial charge is 0.321 e. The number of nitrogens with zero attached hydrogens (tertiary/aromatic N) is 6. The molecule has 0 unspecified atom stereocenters. The van der Waals surface area contributed by atoms with Crippen LogP contribution in [0.1, 0.15) is 18.1 Å². The summed E-state index contributed by atoms with van der Waals surface area (Å²) >= 11 is 6.26. The number of hydrogen-bond acceptors (Lipinski definition) is 6. The van der Waals surface area contributed by atoms with Gasteiger partial charge in [0.2, 0.25) is 5.95 Å². The highest BCUT2D eigenvalue weighted by atomic mass is 35.5. The van der Waals surface area contributed by atoms with E-state index in [0.717, 1.165) is 22.0 Å². The maximum absolute atomic E-state index is 13.5. The Bertz CT molecular complexity index is 1760. The van der Waals surface area contributed by atoms with E-state index in [9.17, 15) is 9.59 Å². The zero-order chi connectivity index (χ0) is 26.1. The number of nitrogens with one attached hydrogen (secondary N) is 3. The molecule has 5 aromatic rings. The fourth-order valence-corrected chi connectivity index (χ4v) is 4.39. The standard InChI is InChI=1S/C25H22ClN9O2/c1-3-28-25(37)32-24-31-22-20(23(36)34(24)2)21(19-10-14(6-8-27)12-30-19)35(33-22)13-15-7-9-29-18-5-4-16(26)11-17(15)18/h4-5,7,9-12,30H,3,6,13H2,1-2H3,(H2,28,31,32,33,37). The Morgan fingerprint density at radius 2 is 2.11 bits per heavy atom. The number of hydrogen-bond donors (Lipinski definition) is 3. The van der Waals surface area contributed by atoms with E-state index in [2.05, 4.69) is 36.8 Å². The molecule has 0 aliphatic heterocycles. The number of urea groups is 1. The minimum atomic E-state index is -0.477. The van der Waals surface area contributed by atoms with Gasteiger partial charge in [-0.2, -0.15) is 15.3 Å². The monoisotopic (exact) mass is 515 g/mol. The number of carbonyl (C=O) groups is 1. The Morgan fingerprint density at radius 3 is 2.89 bits per heavy atom. The molecule has 12 heteroatoms. The molecule has 5 rings (SSSR count). The Labute approximate surface area is 215 Å². The number of fused-ring (bicyclic) bond motifs is 2. The van der Waals surface area contributed by atoms with E-state index in [1.165, 1.54) is 11.6 Å². The van der Waals surface area contributed by atoms with Crippen molar-refractivity contribution in [1.82, 2.24) is 34.6 Å². The van der Waals surface area contributed by atoms with Crippen LogP contribution in [0.3, 0.4) is 0 Å². The van der Waals surface area contributed by atoms with Crippen molar-refractivity contribution in [2.24, 2.45) is 7.05 Å². The van der Waals surface area contributed by atoms with Crippen LogP contribution in [0.2, 0.25) is 5.02 Å². The van der Waals surface area contributed by atoms with Crippen molar-refractivity contribution >= 4 is 45.5 Å². The number of anilines is 1. The van der Waals surface area contributed by atoms with Gasteiger partial charge < -0.3 is 10.3 Å². The number of halogens is 1. The van der Waals surface area contributed by atoms with E-state index in [1.54, 1.807) is 30.1 Å². The Kier molecular flexibility index (Phi) is 6.33. The number of aromatic amines is 1. The zero-order valence-corrected chi connectivity index (χ0v) is 20.8. The van der Waals surface area contributed by atoms with Crippen LogP contribution in [0.4, 0.5) is 10.7 Å². The van der Waals surface area contributed by atoms with Gasteiger partial charge >= 0.3 is 6.03 Å². The summed E-state index contributed by atoms with van der Waals surface area (Å²) in [6.07, 6.45) is 3.65. The van der Waals surface area contributed by atoms with Crippen molar-refractivity contribution in [2.45, 2.75) is 19.9 Å². The summed E-state index contributed by atoms with van der Waals surface area (Å²) in [5.74, 6) is 0.0671. The number of pyridine rings is 1. The van der Waals surface area contributed by atoms with Crippen LogP contribution in [-0.4, -0.2) is 41.9 Å². The minimum Gasteiger partial charge on any atom is -0.360 e. The third-order valence-electron chi connectivity index (χ3n) is 5.94. The second-order valence-electron chi connectivity index (χ2n) is 8.38. The van der Waals surface area contributed by atoms with Gasteiger partial charge in [0.1, 0.15) is 11.1 Å². The van der Waals surface area contributed by atoms with E-state index in [-0.39, 0.29) is 29.0 Å². The molecule has 0 atom stereocenters. The predicted molar refractivity (Wildman–Crippen MR) is 140 cm³/mol. The van der Waals surface area contributed by atoms with Crippen LogP contribution in [-0.2, 0) is 20.0 Å². The molecule has 0 radical (unpaired) electrons. The van der Waals surface area contributed by atoms with Crippen LogP contribution in [0.15, 0.2) is 47.5 Å².